The van der Waals surface area contributed by atoms with Crippen LogP contribution in [-0.2, 0) is 38.0 Å². The third kappa shape index (κ3) is 6.56. The number of rotatable bonds is 9. The predicted molar refractivity (Wildman–Crippen MR) is 195 cm³/mol. The van der Waals surface area contributed by atoms with Gasteiger partial charge in [0.25, 0.3) is 0 Å². The van der Waals surface area contributed by atoms with Gasteiger partial charge in [-0.2, -0.15) is 0 Å². The smallest absolute Gasteiger partial charge is 0.330 e. The van der Waals surface area contributed by atoms with Crippen LogP contribution in [0.2, 0.25) is 0 Å². The second kappa shape index (κ2) is 14.9. The standard InChI is InChI=1S/C41H64O13/c1-21(2)22(3)16-32(44)53-31-20-30-37(7)12-11-27(17-26(37)10-13-40(30,47)41(48)15-14-39(46,25(6)42)38(31,41)8)52-34-19-29(49-9)36(24(5)51-34)54-33-18-28(43)35(45)23(4)50-33/h10,16,21,23-24,27-31,33-36,43,45-48H,11-15,17-20H2,1-9H3/b22-16+/t23-,24+,27-,28+,29-,30+,31+,33-,34-,35-,36+,37-,38+,39+,40-,41+/m0/s1. The molecule has 5 N–H and O–H groups in total. The summed E-state index contributed by atoms with van der Waals surface area (Å²) in [6.07, 6.45) is -0.429. The molecular formula is C41H64O13. The molecule has 0 aromatic heterocycles. The van der Waals surface area contributed by atoms with Gasteiger partial charge in [-0.25, -0.2) is 4.79 Å². The minimum absolute atomic E-state index is 0.0243. The van der Waals surface area contributed by atoms with Gasteiger partial charge in [-0.3, -0.25) is 4.79 Å². The molecule has 0 aromatic rings. The van der Waals surface area contributed by atoms with Crippen LogP contribution in [0.3, 0.4) is 0 Å². The van der Waals surface area contributed by atoms with E-state index >= 15 is 0 Å². The maximum atomic E-state index is 13.4. The molecule has 13 nitrogen and oxygen atoms in total. The molecule has 2 aliphatic heterocycles. The highest BCUT2D eigenvalue weighted by Gasteiger charge is 2.81. The van der Waals surface area contributed by atoms with Crippen molar-refractivity contribution in [1.29, 1.82) is 0 Å². The van der Waals surface area contributed by atoms with Gasteiger partial charge in [-0.1, -0.05) is 38.0 Å². The second-order valence-electron chi connectivity index (χ2n) is 18.0. The van der Waals surface area contributed by atoms with Gasteiger partial charge >= 0.3 is 5.97 Å². The Hall–Kier alpha value is -1.78. The first kappa shape index (κ1) is 41.8. The molecule has 2 heterocycles. The Morgan fingerprint density at radius 2 is 1.61 bits per heavy atom. The largest absolute Gasteiger partial charge is 0.458 e. The Labute approximate surface area is 319 Å². The Kier molecular flexibility index (Phi) is 11.5. The molecule has 54 heavy (non-hydrogen) atoms. The van der Waals surface area contributed by atoms with Crippen molar-refractivity contribution >= 4 is 11.8 Å². The van der Waals surface area contributed by atoms with Crippen LogP contribution in [0.4, 0.5) is 0 Å². The molecule has 0 amide bonds. The van der Waals surface area contributed by atoms with Crippen molar-refractivity contribution in [3.05, 3.63) is 23.3 Å². The summed E-state index contributed by atoms with van der Waals surface area (Å²) in [6, 6.07) is 0. The normalized spacial score (nSPS) is 49.4. The summed E-state index contributed by atoms with van der Waals surface area (Å²) in [6.45, 7) is 14.3. The first-order valence-electron chi connectivity index (χ1n) is 19.9. The van der Waals surface area contributed by atoms with E-state index in [0.29, 0.717) is 25.7 Å². The number of fused-ring (bicyclic) bond motifs is 5. The van der Waals surface area contributed by atoms with Gasteiger partial charge in [-0.05, 0) is 90.9 Å². The van der Waals surface area contributed by atoms with E-state index in [1.807, 2.05) is 33.8 Å². The van der Waals surface area contributed by atoms with Gasteiger partial charge in [0.1, 0.15) is 35.1 Å². The molecule has 0 spiro atoms. The average molecular weight is 765 g/mol. The molecule has 0 radical (unpaired) electrons. The number of aliphatic hydroxyl groups is 5. The van der Waals surface area contributed by atoms with Crippen LogP contribution in [0, 0.1) is 22.7 Å². The zero-order valence-electron chi connectivity index (χ0n) is 33.4. The van der Waals surface area contributed by atoms with E-state index in [-0.39, 0.29) is 50.2 Å². The Morgan fingerprint density at radius 1 is 0.944 bits per heavy atom. The van der Waals surface area contributed by atoms with Gasteiger partial charge in [0.2, 0.25) is 0 Å². The molecule has 0 aromatic carbocycles. The summed E-state index contributed by atoms with van der Waals surface area (Å²) in [7, 11) is 1.61. The Balaban J connectivity index is 1.20. The second-order valence-corrected chi connectivity index (χ2v) is 18.0. The SMILES string of the molecule is CO[C@H]1C[C@H](O[C@H]2CC[C@@]3(C)C(=CC[C@]4(O)[C@@H]3C[C@@H](OC(=O)/C=C(\C)C(C)C)[C@@]3(C)[C@]4(O)CC[C@@]3(O)C(C)=O)C2)O[C@H](C)[C@H]1O[C@H]1C[C@@H](O)[C@@H](O)[C@H](C)O1. The van der Waals surface area contributed by atoms with Crippen LogP contribution < -0.4 is 0 Å². The number of esters is 1. The summed E-state index contributed by atoms with van der Waals surface area (Å²) in [5, 5.41) is 57.9. The van der Waals surface area contributed by atoms with Crippen molar-refractivity contribution in [1.82, 2.24) is 0 Å². The summed E-state index contributed by atoms with van der Waals surface area (Å²) >= 11 is 0. The third-order valence-corrected chi connectivity index (χ3v) is 14.9. The first-order valence-corrected chi connectivity index (χ1v) is 19.9. The van der Waals surface area contributed by atoms with Gasteiger partial charge in [-0.15, -0.1) is 0 Å². The zero-order chi connectivity index (χ0) is 39.8. The lowest BCUT2D eigenvalue weighted by molar-refractivity contribution is -0.321. The number of carbonyl (C=O) groups excluding carboxylic acids is 2. The molecule has 6 aliphatic rings. The monoisotopic (exact) mass is 764 g/mol. The van der Waals surface area contributed by atoms with Crippen LogP contribution in [-0.4, -0.2) is 123 Å². The van der Waals surface area contributed by atoms with E-state index in [9.17, 15) is 35.1 Å². The summed E-state index contributed by atoms with van der Waals surface area (Å²) in [5.41, 5.74) is -5.99. The Bertz CT molecular complexity index is 1480. The molecule has 0 bridgehead atoms. The average Bonchev–Trinajstić information content (AvgIpc) is 3.33. The number of ether oxygens (including phenoxy) is 6. The van der Waals surface area contributed by atoms with Crippen molar-refractivity contribution in [2.45, 2.75) is 191 Å². The summed E-state index contributed by atoms with van der Waals surface area (Å²) in [5.74, 6) is -1.57. The molecule has 5 fully saturated rings. The highest BCUT2D eigenvalue weighted by Crippen LogP contribution is 2.71. The molecule has 2 saturated heterocycles. The number of ketones is 1. The van der Waals surface area contributed by atoms with Crippen molar-refractivity contribution in [3.8, 4) is 0 Å². The highest BCUT2D eigenvalue weighted by atomic mass is 16.7. The fourth-order valence-corrected chi connectivity index (χ4v) is 11.0. The number of allylic oxidation sites excluding steroid dienone is 1. The Morgan fingerprint density at radius 3 is 2.24 bits per heavy atom. The number of Topliss-reactive ketones (excluding diaryl/α,β-unsaturated/α-hetero) is 1. The number of hydrogen-bond donors (Lipinski definition) is 5. The molecule has 6 rings (SSSR count). The van der Waals surface area contributed by atoms with E-state index in [2.05, 4.69) is 6.92 Å². The van der Waals surface area contributed by atoms with E-state index in [4.69, 9.17) is 28.4 Å². The lowest BCUT2D eigenvalue weighted by atomic mass is 9.42. The van der Waals surface area contributed by atoms with Crippen molar-refractivity contribution in [3.63, 3.8) is 0 Å². The minimum Gasteiger partial charge on any atom is -0.458 e. The van der Waals surface area contributed by atoms with Gasteiger partial charge in [0.15, 0.2) is 18.4 Å². The fraction of sp³-hybridized carbons (Fsp3) is 0.854. The lowest BCUT2D eigenvalue weighted by Crippen LogP contribution is -2.78. The van der Waals surface area contributed by atoms with Crippen molar-refractivity contribution in [2.24, 2.45) is 22.7 Å². The van der Waals surface area contributed by atoms with Gasteiger partial charge in [0.05, 0.1) is 35.9 Å². The maximum absolute atomic E-state index is 13.4. The summed E-state index contributed by atoms with van der Waals surface area (Å²) in [4.78, 5) is 26.6. The first-order chi connectivity index (χ1) is 25.1. The van der Waals surface area contributed by atoms with E-state index in [1.165, 1.54) is 13.0 Å². The van der Waals surface area contributed by atoms with Crippen LogP contribution in [0.25, 0.3) is 0 Å². The highest BCUT2D eigenvalue weighted by molar-refractivity contribution is 5.87. The van der Waals surface area contributed by atoms with Crippen LogP contribution >= 0.6 is 0 Å². The van der Waals surface area contributed by atoms with Crippen molar-refractivity contribution in [2.75, 3.05) is 7.11 Å². The quantitative estimate of drug-likeness (QED) is 0.131. The number of aliphatic hydroxyl groups excluding tert-OH is 2. The number of hydrogen-bond acceptors (Lipinski definition) is 13. The van der Waals surface area contributed by atoms with E-state index < -0.39 is 94.5 Å². The van der Waals surface area contributed by atoms with Crippen LogP contribution in [0.1, 0.15) is 113 Å². The van der Waals surface area contributed by atoms with Crippen LogP contribution in [0.5, 0.6) is 0 Å². The summed E-state index contributed by atoms with van der Waals surface area (Å²) < 4.78 is 37.0. The zero-order valence-corrected chi connectivity index (χ0v) is 33.4. The van der Waals surface area contributed by atoms with Gasteiger partial charge in [0, 0.05) is 31.9 Å². The molecular weight excluding hydrogens is 700 g/mol. The third-order valence-electron chi connectivity index (χ3n) is 14.9. The molecule has 16 atom stereocenters. The van der Waals surface area contributed by atoms with Crippen molar-refractivity contribution < 1.29 is 63.5 Å². The number of methoxy groups -OCH3 is 1. The molecule has 4 aliphatic carbocycles. The topological polar surface area (TPSA) is 191 Å². The molecule has 306 valence electrons. The van der Waals surface area contributed by atoms with E-state index in [0.717, 1.165) is 11.1 Å². The molecule has 13 heteroatoms. The van der Waals surface area contributed by atoms with Crippen LogP contribution in [0.15, 0.2) is 23.3 Å². The molecule has 3 saturated carbocycles. The predicted octanol–water partition coefficient (Wildman–Crippen LogP) is 3.40. The lowest BCUT2D eigenvalue weighted by Gasteiger charge is -2.67. The number of carbonyl (C=O) groups is 2. The van der Waals surface area contributed by atoms with Gasteiger partial charge < -0.3 is 54.0 Å². The minimum atomic E-state index is -2.01. The fourth-order valence-electron chi connectivity index (χ4n) is 11.0. The molecule has 0 unspecified atom stereocenters. The maximum Gasteiger partial charge on any atom is 0.330 e. The van der Waals surface area contributed by atoms with E-state index in [1.54, 1.807) is 21.0 Å².